The lowest BCUT2D eigenvalue weighted by molar-refractivity contribution is 0.430. The molecule has 1 unspecified atom stereocenters. The van der Waals surface area contributed by atoms with Gasteiger partial charge in [-0.05, 0) is 37.0 Å². The highest BCUT2D eigenvalue weighted by molar-refractivity contribution is 9.10. The topological polar surface area (TPSA) is 70.6 Å². The highest BCUT2D eigenvalue weighted by atomic mass is 79.9. The fraction of sp³-hybridized carbons (Fsp3) is 0.611. The van der Waals surface area contributed by atoms with Gasteiger partial charge < -0.3 is 10.6 Å². The Labute approximate surface area is 158 Å². The van der Waals surface area contributed by atoms with Gasteiger partial charge in [0, 0.05) is 29.5 Å². The summed E-state index contributed by atoms with van der Waals surface area (Å²) < 4.78 is 24.4. The maximum atomic E-state index is 11.6. The largest absolute Gasteiger partial charge is 0.356 e. The number of halogens is 1. The molecule has 1 saturated heterocycles. The summed E-state index contributed by atoms with van der Waals surface area (Å²) in [7, 11) is -1.15. The van der Waals surface area contributed by atoms with Gasteiger partial charge in [0.25, 0.3) is 0 Å². The molecule has 1 aromatic rings. The Morgan fingerprint density at radius 3 is 2.52 bits per heavy atom. The molecular weight excluding hydrogens is 402 g/mol. The third-order valence-electron chi connectivity index (χ3n) is 5.41. The maximum Gasteiger partial charge on any atom is 0.191 e. The molecule has 0 bridgehead atoms. The molecule has 0 spiro atoms. The van der Waals surface area contributed by atoms with Gasteiger partial charge in [0.15, 0.2) is 15.8 Å². The molecule has 7 heteroatoms. The van der Waals surface area contributed by atoms with Crippen molar-refractivity contribution in [1.82, 2.24) is 10.6 Å². The minimum Gasteiger partial charge on any atom is -0.356 e. The van der Waals surface area contributed by atoms with E-state index in [0.717, 1.165) is 23.9 Å². The lowest BCUT2D eigenvalue weighted by Crippen LogP contribution is -2.48. The zero-order valence-electron chi connectivity index (χ0n) is 14.6. The molecule has 2 aliphatic rings. The second-order valence-electron chi connectivity index (χ2n) is 7.16. The van der Waals surface area contributed by atoms with Gasteiger partial charge in [-0.1, -0.05) is 40.9 Å². The van der Waals surface area contributed by atoms with Crippen LogP contribution < -0.4 is 10.6 Å². The SMILES string of the molecule is CN=C(NCC1(c2ccc(Br)cc2)CCCC1)NC1CCS(=O)(=O)C1. The number of guanidine groups is 1. The van der Waals surface area contributed by atoms with E-state index >= 15 is 0 Å². The number of sulfone groups is 1. The van der Waals surface area contributed by atoms with Crippen LogP contribution in [-0.2, 0) is 15.3 Å². The van der Waals surface area contributed by atoms with Crippen LogP contribution in [0, 0.1) is 0 Å². The van der Waals surface area contributed by atoms with Gasteiger partial charge in [0.1, 0.15) is 0 Å². The molecule has 1 aliphatic carbocycles. The van der Waals surface area contributed by atoms with E-state index in [1.807, 2.05) is 0 Å². The van der Waals surface area contributed by atoms with Crippen molar-refractivity contribution in [2.75, 3.05) is 25.1 Å². The van der Waals surface area contributed by atoms with E-state index in [1.54, 1.807) is 7.05 Å². The van der Waals surface area contributed by atoms with Crippen LogP contribution in [-0.4, -0.2) is 45.5 Å². The van der Waals surface area contributed by atoms with E-state index in [0.29, 0.717) is 12.4 Å². The van der Waals surface area contributed by atoms with Crippen molar-refractivity contribution in [2.45, 2.75) is 43.6 Å². The molecule has 3 rings (SSSR count). The first-order valence-electron chi connectivity index (χ1n) is 8.86. The summed E-state index contributed by atoms with van der Waals surface area (Å²) in [6.45, 7) is 0.813. The molecular formula is C18H26BrN3O2S. The van der Waals surface area contributed by atoms with Gasteiger partial charge in [-0.25, -0.2) is 8.42 Å². The Hall–Kier alpha value is -1.08. The van der Waals surface area contributed by atoms with Crippen molar-refractivity contribution < 1.29 is 8.42 Å². The minimum atomic E-state index is -2.89. The van der Waals surface area contributed by atoms with Crippen LogP contribution in [0.1, 0.15) is 37.7 Å². The Morgan fingerprint density at radius 1 is 1.28 bits per heavy atom. The predicted molar refractivity (Wildman–Crippen MR) is 106 cm³/mol. The van der Waals surface area contributed by atoms with Crippen molar-refractivity contribution in [3.8, 4) is 0 Å². The molecule has 5 nitrogen and oxygen atoms in total. The van der Waals surface area contributed by atoms with Crippen molar-refractivity contribution >= 4 is 31.7 Å². The van der Waals surface area contributed by atoms with Gasteiger partial charge in [-0.2, -0.15) is 0 Å². The quantitative estimate of drug-likeness (QED) is 0.572. The zero-order valence-corrected chi connectivity index (χ0v) is 17.0. The van der Waals surface area contributed by atoms with Gasteiger partial charge in [-0.3, -0.25) is 4.99 Å². The first-order chi connectivity index (χ1) is 11.9. The summed E-state index contributed by atoms with van der Waals surface area (Å²) >= 11 is 3.51. The minimum absolute atomic E-state index is 0.0385. The fourth-order valence-electron chi connectivity index (χ4n) is 3.97. The van der Waals surface area contributed by atoms with Gasteiger partial charge in [0.05, 0.1) is 11.5 Å². The van der Waals surface area contributed by atoms with Crippen LogP contribution in [0.3, 0.4) is 0 Å². The normalized spacial score (nSPS) is 25.0. The number of hydrogen-bond donors (Lipinski definition) is 2. The maximum absolute atomic E-state index is 11.6. The standard InChI is InChI=1S/C18H26BrN3O2S/c1-20-17(22-16-8-11-25(23,24)12-16)21-13-18(9-2-3-10-18)14-4-6-15(19)7-5-14/h4-7,16H,2-3,8-13H2,1H3,(H2,20,21,22). The van der Waals surface area contributed by atoms with Crippen LogP contribution >= 0.6 is 15.9 Å². The zero-order chi connectivity index (χ0) is 17.9. The Bertz CT molecular complexity index is 725. The molecule has 1 aromatic carbocycles. The Kier molecular flexibility index (Phi) is 5.73. The molecule has 1 aliphatic heterocycles. The van der Waals surface area contributed by atoms with E-state index in [1.165, 1.54) is 18.4 Å². The lowest BCUT2D eigenvalue weighted by Gasteiger charge is -2.31. The van der Waals surface area contributed by atoms with Crippen LogP contribution in [0.4, 0.5) is 0 Å². The second kappa shape index (κ2) is 7.66. The smallest absolute Gasteiger partial charge is 0.191 e. The third kappa shape index (κ3) is 4.56. The summed E-state index contributed by atoms with van der Waals surface area (Å²) in [4.78, 5) is 4.29. The molecule has 2 N–H and O–H groups in total. The average molecular weight is 428 g/mol. The lowest BCUT2D eigenvalue weighted by atomic mass is 9.79. The molecule has 0 radical (unpaired) electrons. The highest BCUT2D eigenvalue weighted by Gasteiger charge is 2.36. The molecule has 1 atom stereocenters. The van der Waals surface area contributed by atoms with Crippen molar-refractivity contribution in [2.24, 2.45) is 4.99 Å². The number of rotatable bonds is 4. The van der Waals surface area contributed by atoms with Crippen LogP contribution in [0.2, 0.25) is 0 Å². The molecule has 138 valence electrons. The molecule has 2 fully saturated rings. The van der Waals surface area contributed by atoms with Crippen molar-refractivity contribution in [3.63, 3.8) is 0 Å². The molecule has 0 amide bonds. The first kappa shape index (κ1) is 18.7. The third-order valence-corrected chi connectivity index (χ3v) is 7.70. The summed E-state index contributed by atoms with van der Waals surface area (Å²) in [6, 6.07) is 8.58. The summed E-state index contributed by atoms with van der Waals surface area (Å²) in [5.41, 5.74) is 1.49. The van der Waals surface area contributed by atoms with E-state index in [9.17, 15) is 8.42 Å². The summed E-state index contributed by atoms with van der Waals surface area (Å²) in [5, 5.41) is 6.73. The van der Waals surface area contributed by atoms with Crippen molar-refractivity contribution in [1.29, 1.82) is 0 Å². The Morgan fingerprint density at radius 2 is 1.96 bits per heavy atom. The van der Waals surface area contributed by atoms with E-state index in [2.05, 4.69) is 55.8 Å². The predicted octanol–water partition coefficient (Wildman–Crippen LogP) is 2.61. The van der Waals surface area contributed by atoms with E-state index < -0.39 is 9.84 Å². The molecule has 25 heavy (non-hydrogen) atoms. The molecule has 1 heterocycles. The first-order valence-corrected chi connectivity index (χ1v) is 11.5. The van der Waals surface area contributed by atoms with Gasteiger partial charge in [0.2, 0.25) is 0 Å². The average Bonchev–Trinajstić information content (AvgIpc) is 3.19. The summed E-state index contributed by atoms with van der Waals surface area (Å²) in [5.74, 6) is 1.17. The van der Waals surface area contributed by atoms with Crippen LogP contribution in [0.25, 0.3) is 0 Å². The second-order valence-corrected chi connectivity index (χ2v) is 10.3. The molecule has 1 saturated carbocycles. The highest BCUT2D eigenvalue weighted by Crippen LogP contribution is 2.40. The van der Waals surface area contributed by atoms with E-state index in [-0.39, 0.29) is 23.0 Å². The monoisotopic (exact) mass is 427 g/mol. The Balaban J connectivity index is 1.65. The molecule has 0 aromatic heterocycles. The van der Waals surface area contributed by atoms with Gasteiger partial charge in [-0.15, -0.1) is 0 Å². The number of benzene rings is 1. The summed E-state index contributed by atoms with van der Waals surface area (Å²) in [6.07, 6.45) is 5.46. The number of hydrogen-bond acceptors (Lipinski definition) is 3. The van der Waals surface area contributed by atoms with Crippen LogP contribution in [0.15, 0.2) is 33.7 Å². The number of nitrogens with zero attached hydrogens (tertiary/aromatic N) is 1. The fourth-order valence-corrected chi connectivity index (χ4v) is 5.91. The number of nitrogens with one attached hydrogen (secondary N) is 2. The van der Waals surface area contributed by atoms with Gasteiger partial charge >= 0.3 is 0 Å². The van der Waals surface area contributed by atoms with Crippen molar-refractivity contribution in [3.05, 3.63) is 34.3 Å². The number of aliphatic imine (C=N–C) groups is 1. The van der Waals surface area contributed by atoms with E-state index in [4.69, 9.17) is 0 Å². The van der Waals surface area contributed by atoms with Crippen LogP contribution in [0.5, 0.6) is 0 Å².